The highest BCUT2D eigenvalue weighted by Crippen LogP contribution is 2.03. The smallest absolute Gasteiger partial charge is 0.244 e. The van der Waals surface area contributed by atoms with Crippen LogP contribution in [0.3, 0.4) is 0 Å². The summed E-state index contributed by atoms with van der Waals surface area (Å²) in [6.45, 7) is -0.235. The van der Waals surface area contributed by atoms with Crippen molar-refractivity contribution >= 4 is 30.4 Å². The molecule has 1 rings (SSSR count). The lowest BCUT2D eigenvalue weighted by molar-refractivity contribution is -0.130. The minimum atomic E-state index is -0.878. The van der Waals surface area contributed by atoms with Gasteiger partial charge in [-0.2, -0.15) is 12.6 Å². The molecule has 0 bridgehead atoms. The molecule has 0 unspecified atom stereocenters. The lowest BCUT2D eigenvalue weighted by Gasteiger charge is -2.20. The molecule has 8 heteroatoms. The van der Waals surface area contributed by atoms with Crippen LogP contribution in [0.15, 0.2) is 30.3 Å². The van der Waals surface area contributed by atoms with Gasteiger partial charge in [0, 0.05) is 12.2 Å². The van der Waals surface area contributed by atoms with Crippen molar-refractivity contribution in [1.29, 1.82) is 0 Å². The average molecular weight is 324 g/mol. The molecule has 0 heterocycles. The third kappa shape index (κ3) is 5.74. The fourth-order valence-corrected chi connectivity index (χ4v) is 2.05. The zero-order valence-electron chi connectivity index (χ0n) is 12.0. The number of carbonyl (C=O) groups is 3. The SMILES string of the molecule is NCC(=O)N[C@@H](CS)C(=O)N[C@@H](Cc1ccccc1)C(N)=O. The predicted octanol–water partition coefficient (Wildman–Crippen LogP) is -1.43. The molecule has 7 nitrogen and oxygen atoms in total. The summed E-state index contributed by atoms with van der Waals surface area (Å²) in [6.07, 6.45) is 0.270. The van der Waals surface area contributed by atoms with E-state index in [1.165, 1.54) is 0 Å². The Morgan fingerprint density at radius 1 is 1.09 bits per heavy atom. The number of carbonyl (C=O) groups excluding carboxylic acids is 3. The highest BCUT2D eigenvalue weighted by Gasteiger charge is 2.24. The summed E-state index contributed by atoms with van der Waals surface area (Å²) in [7, 11) is 0. The lowest BCUT2D eigenvalue weighted by Crippen LogP contribution is -2.55. The molecule has 0 saturated carbocycles. The summed E-state index contributed by atoms with van der Waals surface area (Å²) in [4.78, 5) is 34.9. The van der Waals surface area contributed by atoms with Crippen molar-refractivity contribution in [2.45, 2.75) is 18.5 Å². The maximum Gasteiger partial charge on any atom is 0.244 e. The second-order valence-electron chi connectivity index (χ2n) is 4.66. The summed E-state index contributed by atoms with van der Waals surface area (Å²) < 4.78 is 0. The van der Waals surface area contributed by atoms with E-state index in [-0.39, 0.29) is 18.7 Å². The molecule has 0 aliphatic rings. The van der Waals surface area contributed by atoms with Gasteiger partial charge in [-0.1, -0.05) is 30.3 Å². The number of hydrogen-bond donors (Lipinski definition) is 5. The molecule has 0 spiro atoms. The molecule has 0 aromatic heterocycles. The third-order valence-electron chi connectivity index (χ3n) is 2.96. The van der Waals surface area contributed by atoms with Gasteiger partial charge in [-0.3, -0.25) is 14.4 Å². The van der Waals surface area contributed by atoms with Crippen molar-refractivity contribution in [2.75, 3.05) is 12.3 Å². The normalized spacial score (nSPS) is 13.0. The van der Waals surface area contributed by atoms with Gasteiger partial charge in [-0.25, -0.2) is 0 Å². The van der Waals surface area contributed by atoms with Crippen molar-refractivity contribution in [3.05, 3.63) is 35.9 Å². The maximum atomic E-state index is 12.1. The Kier molecular flexibility index (Phi) is 7.41. The summed E-state index contributed by atoms with van der Waals surface area (Å²) in [5, 5.41) is 4.95. The van der Waals surface area contributed by atoms with Crippen LogP contribution in [0.4, 0.5) is 0 Å². The molecule has 0 saturated heterocycles. The van der Waals surface area contributed by atoms with Gasteiger partial charge in [0.1, 0.15) is 12.1 Å². The Hall–Kier alpha value is -2.06. The molecule has 120 valence electrons. The van der Waals surface area contributed by atoms with Crippen LogP contribution in [-0.4, -0.2) is 42.1 Å². The monoisotopic (exact) mass is 324 g/mol. The quantitative estimate of drug-likeness (QED) is 0.376. The van der Waals surface area contributed by atoms with Crippen LogP contribution in [0.25, 0.3) is 0 Å². The summed E-state index contributed by atoms with van der Waals surface area (Å²) in [5.41, 5.74) is 11.4. The Morgan fingerprint density at radius 2 is 1.73 bits per heavy atom. The van der Waals surface area contributed by atoms with E-state index in [2.05, 4.69) is 23.3 Å². The zero-order valence-corrected chi connectivity index (χ0v) is 12.9. The highest BCUT2D eigenvalue weighted by atomic mass is 32.1. The molecular formula is C14H20N4O3S. The number of primary amides is 1. The number of nitrogens with two attached hydrogens (primary N) is 2. The second-order valence-corrected chi connectivity index (χ2v) is 5.03. The minimum Gasteiger partial charge on any atom is -0.368 e. The van der Waals surface area contributed by atoms with Crippen LogP contribution in [0, 0.1) is 0 Å². The number of thiol groups is 1. The summed E-state index contributed by atoms with van der Waals surface area (Å²) in [6, 6.07) is 7.41. The van der Waals surface area contributed by atoms with Crippen molar-refractivity contribution in [2.24, 2.45) is 11.5 Å². The average Bonchev–Trinajstić information content (AvgIpc) is 2.52. The first kappa shape index (κ1) is 18.0. The van der Waals surface area contributed by atoms with Gasteiger partial charge in [0.2, 0.25) is 17.7 Å². The third-order valence-corrected chi connectivity index (χ3v) is 3.33. The van der Waals surface area contributed by atoms with Crippen LogP contribution in [-0.2, 0) is 20.8 Å². The number of benzene rings is 1. The second kappa shape index (κ2) is 9.06. The molecule has 0 radical (unpaired) electrons. The van der Waals surface area contributed by atoms with Crippen molar-refractivity contribution in [3.8, 4) is 0 Å². The van der Waals surface area contributed by atoms with Gasteiger partial charge in [-0.05, 0) is 5.56 Å². The molecule has 6 N–H and O–H groups in total. The standard InChI is InChI=1S/C14H20N4O3S/c15-7-12(19)17-11(8-22)14(21)18-10(13(16)20)6-9-4-2-1-3-5-9/h1-5,10-11,22H,6-8,15H2,(H2,16,20)(H,17,19)(H,18,21)/t10-,11-/m0/s1. The van der Waals surface area contributed by atoms with Gasteiger partial charge in [0.25, 0.3) is 0 Å². The maximum absolute atomic E-state index is 12.1. The van der Waals surface area contributed by atoms with E-state index >= 15 is 0 Å². The van der Waals surface area contributed by atoms with Crippen LogP contribution >= 0.6 is 12.6 Å². The predicted molar refractivity (Wildman–Crippen MR) is 86.1 cm³/mol. The van der Waals surface area contributed by atoms with Crippen LogP contribution in [0.5, 0.6) is 0 Å². The highest BCUT2D eigenvalue weighted by molar-refractivity contribution is 7.80. The van der Waals surface area contributed by atoms with Crippen molar-refractivity contribution in [1.82, 2.24) is 10.6 Å². The van der Waals surface area contributed by atoms with E-state index < -0.39 is 29.8 Å². The fraction of sp³-hybridized carbons (Fsp3) is 0.357. The molecule has 2 atom stereocenters. The Bertz CT molecular complexity index is 524. The first-order valence-corrected chi connectivity index (χ1v) is 7.35. The molecule has 0 aliphatic carbocycles. The molecule has 0 fully saturated rings. The zero-order chi connectivity index (χ0) is 16.5. The summed E-state index contributed by atoms with van der Waals surface area (Å²) in [5.74, 6) is -1.58. The molecular weight excluding hydrogens is 304 g/mol. The van der Waals surface area contributed by atoms with E-state index in [1.807, 2.05) is 30.3 Å². The topological polar surface area (TPSA) is 127 Å². The Balaban J connectivity index is 2.71. The van der Waals surface area contributed by atoms with E-state index in [4.69, 9.17) is 11.5 Å². The van der Waals surface area contributed by atoms with Gasteiger partial charge in [0.05, 0.1) is 6.54 Å². The van der Waals surface area contributed by atoms with Crippen LogP contribution in [0.2, 0.25) is 0 Å². The molecule has 3 amide bonds. The van der Waals surface area contributed by atoms with Gasteiger partial charge >= 0.3 is 0 Å². The Labute approximate surface area is 134 Å². The van der Waals surface area contributed by atoms with E-state index in [0.29, 0.717) is 0 Å². The fourth-order valence-electron chi connectivity index (χ4n) is 1.79. The first-order valence-electron chi connectivity index (χ1n) is 6.71. The summed E-state index contributed by atoms with van der Waals surface area (Å²) >= 11 is 4.01. The van der Waals surface area contributed by atoms with Gasteiger partial charge < -0.3 is 22.1 Å². The number of hydrogen-bond acceptors (Lipinski definition) is 5. The minimum absolute atomic E-state index is 0.0778. The lowest BCUT2D eigenvalue weighted by atomic mass is 10.1. The number of amides is 3. The van der Waals surface area contributed by atoms with Crippen molar-refractivity contribution < 1.29 is 14.4 Å². The van der Waals surface area contributed by atoms with Crippen LogP contribution in [0.1, 0.15) is 5.56 Å². The number of nitrogens with one attached hydrogen (secondary N) is 2. The first-order chi connectivity index (χ1) is 10.5. The van der Waals surface area contributed by atoms with E-state index in [1.54, 1.807) is 0 Å². The Morgan fingerprint density at radius 3 is 2.23 bits per heavy atom. The molecule has 1 aromatic carbocycles. The van der Waals surface area contributed by atoms with Gasteiger partial charge in [0.15, 0.2) is 0 Å². The van der Waals surface area contributed by atoms with Crippen molar-refractivity contribution in [3.63, 3.8) is 0 Å². The van der Waals surface area contributed by atoms with Crippen LogP contribution < -0.4 is 22.1 Å². The number of rotatable bonds is 8. The molecule has 22 heavy (non-hydrogen) atoms. The van der Waals surface area contributed by atoms with E-state index in [0.717, 1.165) is 5.56 Å². The largest absolute Gasteiger partial charge is 0.368 e. The van der Waals surface area contributed by atoms with E-state index in [9.17, 15) is 14.4 Å². The molecule has 0 aliphatic heterocycles. The van der Waals surface area contributed by atoms with Gasteiger partial charge in [-0.15, -0.1) is 0 Å². The molecule has 1 aromatic rings.